The summed E-state index contributed by atoms with van der Waals surface area (Å²) in [6.07, 6.45) is 1.25. The lowest BCUT2D eigenvalue weighted by Crippen LogP contribution is -2.42. The number of nitrogens with one attached hydrogen (secondary N) is 12. The smallest absolute Gasteiger partial charge is 0.324 e. The van der Waals surface area contributed by atoms with Crippen molar-refractivity contribution in [2.45, 2.75) is 142 Å². The van der Waals surface area contributed by atoms with Gasteiger partial charge in [0.1, 0.15) is 0 Å². The van der Waals surface area contributed by atoms with Gasteiger partial charge in [-0.2, -0.15) is 21.9 Å². The van der Waals surface area contributed by atoms with Gasteiger partial charge in [-0.05, 0) is 117 Å². The quantitative estimate of drug-likeness (QED) is 0.00614. The van der Waals surface area contributed by atoms with Crippen LogP contribution in [0.4, 0.5) is 22.7 Å². The maximum Gasteiger partial charge on any atom is 0.324 e. The van der Waals surface area contributed by atoms with Gasteiger partial charge in [-0.25, -0.2) is 0 Å². The summed E-state index contributed by atoms with van der Waals surface area (Å²) in [5, 5.41) is 70.3. The van der Waals surface area contributed by atoms with Crippen LogP contribution in [-0.4, -0.2) is 256 Å². The lowest BCUT2D eigenvalue weighted by molar-refractivity contribution is -0.386. The van der Waals surface area contributed by atoms with Gasteiger partial charge in [0.2, 0.25) is 23.6 Å². The van der Waals surface area contributed by atoms with Crippen LogP contribution in [0, 0.1) is 40.5 Å². The molecule has 12 N–H and O–H groups in total. The summed E-state index contributed by atoms with van der Waals surface area (Å²) in [5.74, 6) is -2.70. The Morgan fingerprint density at radius 2 is 0.539 bits per heavy atom. The third-order valence-electron chi connectivity index (χ3n) is 19.3. The highest BCUT2D eigenvalue weighted by Crippen LogP contribution is 2.42. The zero-order valence-corrected chi connectivity index (χ0v) is 77.2. The number of hydrogen-bond acceptors (Lipinski definition) is 38. The number of carbonyl (C=O) groups is 8. The molecule has 0 heterocycles. The number of carbonyl (C=O) groups excluding carboxylic acids is 8. The molecule has 4 rings (SSSR count). The van der Waals surface area contributed by atoms with Crippen molar-refractivity contribution in [1.29, 1.82) is 0 Å². The molecule has 0 saturated heterocycles. The van der Waals surface area contributed by atoms with Gasteiger partial charge >= 0.3 is 23.9 Å². The maximum absolute atomic E-state index is 13.4. The van der Waals surface area contributed by atoms with E-state index < -0.39 is 67.2 Å². The zero-order chi connectivity index (χ0) is 94.9. The van der Waals surface area contributed by atoms with E-state index in [9.17, 15) is 78.8 Å². The predicted octanol–water partition coefficient (Wildman–Crippen LogP) is 5.86. The summed E-state index contributed by atoms with van der Waals surface area (Å²) in [6.45, 7) is 10.0. The molecule has 128 heavy (non-hydrogen) atoms. The number of amides is 4. The number of methoxy groups -OCH3 is 4. The number of nitrogens with zero attached hydrogens (tertiary/aromatic N) is 6. The van der Waals surface area contributed by atoms with Crippen molar-refractivity contribution in [1.82, 2.24) is 74.3 Å². The minimum Gasteiger partial charge on any atom is -0.493 e. The van der Waals surface area contributed by atoms with Crippen LogP contribution >= 0.6 is 22.6 Å². The lowest BCUT2D eigenvalue weighted by Gasteiger charge is -2.27. The summed E-state index contributed by atoms with van der Waals surface area (Å²) < 4.78 is 45.9. The Bertz CT molecular complexity index is 3650. The van der Waals surface area contributed by atoms with Crippen LogP contribution in [0.2, 0.25) is 0 Å². The highest BCUT2D eigenvalue weighted by Gasteiger charge is 2.29. The predicted molar refractivity (Wildman–Crippen MR) is 476 cm³/mol. The van der Waals surface area contributed by atoms with Gasteiger partial charge in [0.15, 0.2) is 46.0 Å². The molecule has 4 aromatic rings. The number of benzene rings is 4. The van der Waals surface area contributed by atoms with Crippen molar-refractivity contribution >= 4 is 92.8 Å². The molecule has 0 fully saturated rings. The highest BCUT2D eigenvalue weighted by molar-refractivity contribution is 14.1. The average molecular weight is 1930 g/mol. The second-order valence-corrected chi connectivity index (χ2v) is 29.4. The van der Waals surface area contributed by atoms with Crippen molar-refractivity contribution in [3.63, 3.8) is 0 Å². The van der Waals surface area contributed by atoms with Gasteiger partial charge in [0, 0.05) is 141 Å². The minimum absolute atomic E-state index is 0.00375. The van der Waals surface area contributed by atoms with Crippen LogP contribution in [0.5, 0.6) is 46.0 Å². The van der Waals surface area contributed by atoms with Crippen molar-refractivity contribution in [3.8, 4) is 46.0 Å². The number of alkyl halides is 1. The van der Waals surface area contributed by atoms with E-state index >= 15 is 0 Å². The van der Waals surface area contributed by atoms with Crippen molar-refractivity contribution < 1.29 is 115 Å². The number of nitro benzene ring substituents is 4. The first-order valence-electron chi connectivity index (χ1n) is 41.8. The molecule has 0 aromatic heterocycles. The van der Waals surface area contributed by atoms with E-state index in [1.807, 2.05) is 9.80 Å². The molecular weight excluding hydrogens is 1800 g/mol. The fraction of sp³-hybridized carbons (Fsp3) is 0.605. The van der Waals surface area contributed by atoms with Crippen molar-refractivity contribution in [2.24, 2.45) is 0 Å². The van der Waals surface area contributed by atoms with Crippen molar-refractivity contribution in [3.05, 3.63) is 111 Å². The Morgan fingerprint density at radius 1 is 0.336 bits per heavy atom. The second kappa shape index (κ2) is 63.8. The molecule has 0 bridgehead atoms. The Morgan fingerprint density at radius 3 is 0.711 bits per heavy atom. The fourth-order valence-corrected chi connectivity index (χ4v) is 11.7. The summed E-state index contributed by atoms with van der Waals surface area (Å²) in [7, 11) is 12.2. The summed E-state index contributed by atoms with van der Waals surface area (Å²) in [5.41, 5.74) is 10.9. The van der Waals surface area contributed by atoms with Crippen LogP contribution in [0.15, 0.2) is 48.5 Å². The first-order valence-corrected chi connectivity index (χ1v) is 43.3. The van der Waals surface area contributed by atoms with Gasteiger partial charge in [-0.1, -0.05) is 29.5 Å². The van der Waals surface area contributed by atoms with Crippen LogP contribution in [0.3, 0.4) is 0 Å². The van der Waals surface area contributed by atoms with Crippen molar-refractivity contribution in [2.75, 3.05) is 179 Å². The molecule has 0 aliphatic carbocycles. The van der Waals surface area contributed by atoms with E-state index in [2.05, 4.69) is 94.0 Å². The summed E-state index contributed by atoms with van der Waals surface area (Å²) in [6, 6.07) is 9.65. The van der Waals surface area contributed by atoms with Gasteiger partial charge in [0.25, 0.3) is 22.7 Å². The Balaban J connectivity index is 0.0000103. The molecule has 0 spiro atoms. The van der Waals surface area contributed by atoms with Crippen LogP contribution in [-0.2, 0) is 57.7 Å². The summed E-state index contributed by atoms with van der Waals surface area (Å²) in [4.78, 5) is 173. The molecular formula is C81H127IN18O28. The standard InChI is InChI=1S/C78H120N18O28.C3H7I/c1-51(79-5)55-43-63(113-9)67(47-59(55)93(105)106)117-39-13-17-75(101)121-87-29-25-83-71(97)21-33-91(34-22-72(98)84-26-30-88-122-76(102)18-14-40-118-68-48-60(94(107)108)56(52(2)80-6)44-64(68)114-10)37-38-92(35-23-73(99)85-27-31-89-123-77(103)19-15-41-119-69-49-61(95(109)110)57(53(3)81-7)45-65(69)115-11)36-24-74(100)86-28-32-90-124-78(104)20-16-42-120-70-50-62(96(111)112)58(54(4)82-8)46-66(70)116-12;1-2-3-4/h43-54,79-82,87-90H,13-42H2,1-12H3,(H,83,97)(H,84,98)(H,85,99)(H,86,100);2-3H2,1H3. The molecule has 4 amide bonds. The molecule has 46 nitrogen and oxygen atoms in total. The summed E-state index contributed by atoms with van der Waals surface area (Å²) >= 11 is 2.35. The highest BCUT2D eigenvalue weighted by atomic mass is 127. The molecule has 0 radical (unpaired) electrons. The fourth-order valence-electron chi connectivity index (χ4n) is 11.7. The zero-order valence-electron chi connectivity index (χ0n) is 75.0. The first-order chi connectivity index (χ1) is 61.4. The van der Waals surface area contributed by atoms with Crippen LogP contribution in [0.1, 0.15) is 165 Å². The molecule has 4 atom stereocenters. The van der Waals surface area contributed by atoms with E-state index in [1.165, 1.54) is 87.8 Å². The lowest BCUT2D eigenvalue weighted by atomic mass is 10.1. The van der Waals surface area contributed by atoms with Gasteiger partial charge in [-0.3, -0.25) is 78.8 Å². The number of hydrogen-bond donors (Lipinski definition) is 12. The number of nitro groups is 4. The Hall–Kier alpha value is -11.0. The van der Waals surface area contributed by atoms with E-state index in [0.717, 1.165) is 0 Å². The van der Waals surface area contributed by atoms with Crippen LogP contribution < -0.4 is 102 Å². The third-order valence-corrected chi connectivity index (χ3v) is 20.3. The molecule has 47 heteroatoms. The topological polar surface area (TPSA) is 571 Å². The second-order valence-electron chi connectivity index (χ2n) is 28.4. The Kier molecular flexibility index (Phi) is 55.4. The number of ether oxygens (including phenoxy) is 8. The number of hydroxylamine groups is 4. The minimum atomic E-state index is -0.649. The van der Waals surface area contributed by atoms with Gasteiger partial charge < -0.3 is 110 Å². The Labute approximate surface area is 757 Å². The normalized spacial score (nSPS) is 11.9. The number of halogens is 1. The van der Waals surface area contributed by atoms with Gasteiger partial charge in [0.05, 0.1) is 147 Å². The molecule has 0 aliphatic heterocycles. The largest absolute Gasteiger partial charge is 0.493 e. The molecule has 4 unspecified atom stereocenters. The number of rotatable bonds is 68. The van der Waals surface area contributed by atoms with E-state index in [-0.39, 0.29) is 288 Å². The average Bonchev–Trinajstić information content (AvgIpc) is 0.825. The van der Waals surface area contributed by atoms with Gasteiger partial charge in [-0.15, -0.1) is 0 Å². The molecule has 716 valence electrons. The molecule has 4 aromatic carbocycles. The van der Waals surface area contributed by atoms with E-state index in [1.54, 1.807) is 55.9 Å². The molecule has 0 saturated carbocycles. The molecule has 0 aliphatic rings. The van der Waals surface area contributed by atoms with E-state index in [0.29, 0.717) is 22.3 Å². The first kappa shape index (κ1) is 111. The monoisotopic (exact) mass is 1930 g/mol. The SMILES string of the molecule is CCCI.CNC(C)c1cc(OC)c(OCCCC(=O)ONCCNC(=O)CCN(CCC(=O)NCCNOC(=O)CCCOc2cc([N+](=O)[O-])c(C(C)NC)cc2OC)CCN(CCC(=O)NCCNOC(=O)CCCOc2cc([N+](=O)[O-])c(C(C)NC)cc2OC)CCC(=O)NCCNOC(=O)CCCOc2cc([N+](=O)[O-])c(C(C)NC)cc2OC)cc1[N+](=O)[O-]. The maximum atomic E-state index is 13.4. The third kappa shape index (κ3) is 42.7. The van der Waals surface area contributed by atoms with E-state index in [4.69, 9.17) is 57.2 Å². The van der Waals surface area contributed by atoms with Crippen LogP contribution in [0.25, 0.3) is 0 Å².